The third kappa shape index (κ3) is 3.38. The Bertz CT molecular complexity index is 439. The number of carbonyl (C=O) groups is 2. The zero-order chi connectivity index (χ0) is 17.5. The Morgan fingerprint density at radius 1 is 0.870 bits per heavy atom. The molecule has 2 rings (SSSR count). The highest BCUT2D eigenvalue weighted by Gasteiger charge is 2.46. The van der Waals surface area contributed by atoms with Crippen molar-refractivity contribution in [3.05, 3.63) is 0 Å². The van der Waals surface area contributed by atoms with Crippen molar-refractivity contribution in [3.63, 3.8) is 0 Å². The summed E-state index contributed by atoms with van der Waals surface area (Å²) >= 11 is 0. The van der Waals surface area contributed by atoms with Crippen molar-refractivity contribution in [1.82, 2.24) is 10.6 Å². The van der Waals surface area contributed by atoms with E-state index >= 15 is 0 Å². The number of hydrogen-bond acceptors (Lipinski definition) is 4. The Morgan fingerprint density at radius 2 is 1.17 bits per heavy atom. The van der Waals surface area contributed by atoms with Crippen LogP contribution in [-0.4, -0.2) is 45.3 Å². The van der Waals surface area contributed by atoms with Crippen LogP contribution in [0.3, 0.4) is 0 Å². The Balaban J connectivity index is 1.93. The molecule has 0 saturated heterocycles. The molecule has 0 heterocycles. The number of amides is 2. The number of rotatable bonds is 6. The minimum Gasteiger partial charge on any atom is -0.388 e. The minimum atomic E-state index is -1.26. The predicted octanol–water partition coefficient (Wildman–Crippen LogP) is 0.852. The average molecular weight is 326 g/mol. The summed E-state index contributed by atoms with van der Waals surface area (Å²) in [6.07, 6.45) is 4.60. The van der Waals surface area contributed by atoms with Crippen LogP contribution in [0.4, 0.5) is 0 Å². The topological polar surface area (TPSA) is 98.7 Å². The molecule has 0 aromatic carbocycles. The highest BCUT2D eigenvalue weighted by atomic mass is 16.3. The first kappa shape index (κ1) is 18.2. The van der Waals surface area contributed by atoms with E-state index in [1.807, 2.05) is 0 Å². The van der Waals surface area contributed by atoms with E-state index in [-0.39, 0.29) is 12.1 Å². The quantitative estimate of drug-likeness (QED) is 0.544. The number of aliphatic hydroxyl groups is 2. The van der Waals surface area contributed by atoms with Gasteiger partial charge in [0.05, 0.1) is 23.3 Å². The molecule has 0 aliphatic heterocycles. The van der Waals surface area contributed by atoms with Gasteiger partial charge in [-0.1, -0.05) is 0 Å². The number of carbonyl (C=O) groups excluding carboxylic acids is 2. The van der Waals surface area contributed by atoms with E-state index in [2.05, 4.69) is 10.6 Å². The maximum atomic E-state index is 12.5. The molecule has 6 nitrogen and oxygen atoms in total. The average Bonchev–Trinajstić information content (AvgIpc) is 2.41. The second-order valence-electron chi connectivity index (χ2n) is 7.93. The summed E-state index contributed by atoms with van der Waals surface area (Å²) in [5.41, 5.74) is -2.96. The Morgan fingerprint density at radius 3 is 1.39 bits per heavy atom. The molecule has 0 radical (unpaired) electrons. The molecule has 23 heavy (non-hydrogen) atoms. The molecule has 6 heteroatoms. The van der Waals surface area contributed by atoms with Crippen LogP contribution in [0.25, 0.3) is 0 Å². The van der Waals surface area contributed by atoms with Gasteiger partial charge in [-0.3, -0.25) is 9.59 Å². The molecule has 132 valence electrons. The van der Waals surface area contributed by atoms with Crippen LogP contribution in [0, 0.1) is 5.41 Å². The number of hydrogen-bond donors (Lipinski definition) is 4. The molecular formula is C17H30N2O4. The van der Waals surface area contributed by atoms with Gasteiger partial charge in [0, 0.05) is 0 Å². The third-order valence-electron chi connectivity index (χ3n) is 5.88. The van der Waals surface area contributed by atoms with Crippen LogP contribution in [0.5, 0.6) is 0 Å². The summed E-state index contributed by atoms with van der Waals surface area (Å²) in [6, 6.07) is -0.770. The van der Waals surface area contributed by atoms with Gasteiger partial charge in [-0.05, 0) is 66.2 Å². The summed E-state index contributed by atoms with van der Waals surface area (Å²) in [4.78, 5) is 24.9. The van der Waals surface area contributed by atoms with Gasteiger partial charge < -0.3 is 20.8 Å². The maximum absolute atomic E-state index is 12.5. The van der Waals surface area contributed by atoms with E-state index in [9.17, 15) is 19.8 Å². The van der Waals surface area contributed by atoms with Gasteiger partial charge in [0.2, 0.25) is 11.8 Å². The molecular weight excluding hydrogens is 296 g/mol. The summed E-state index contributed by atoms with van der Waals surface area (Å²) in [5.74, 6) is -0.814. The first-order valence-corrected chi connectivity index (χ1v) is 8.58. The fourth-order valence-corrected chi connectivity index (χ4v) is 3.07. The molecule has 2 saturated carbocycles. The van der Waals surface area contributed by atoms with Crippen molar-refractivity contribution in [3.8, 4) is 0 Å². The normalized spacial score (nSPS) is 24.6. The lowest BCUT2D eigenvalue weighted by Gasteiger charge is -2.43. The van der Waals surface area contributed by atoms with Crippen LogP contribution >= 0.6 is 0 Å². The molecule has 2 aliphatic rings. The molecule has 2 atom stereocenters. The lowest BCUT2D eigenvalue weighted by Crippen LogP contribution is -2.61. The lowest BCUT2D eigenvalue weighted by molar-refractivity contribution is -0.146. The Labute approximate surface area is 138 Å². The van der Waals surface area contributed by atoms with Crippen LogP contribution in [0.2, 0.25) is 0 Å². The van der Waals surface area contributed by atoms with Gasteiger partial charge in [-0.15, -0.1) is 0 Å². The summed E-state index contributed by atoms with van der Waals surface area (Å²) in [5, 5.41) is 26.1. The van der Waals surface area contributed by atoms with Crippen LogP contribution in [0.1, 0.15) is 66.2 Å². The largest absolute Gasteiger partial charge is 0.388 e. The van der Waals surface area contributed by atoms with Crippen molar-refractivity contribution in [2.75, 3.05) is 0 Å². The van der Waals surface area contributed by atoms with Crippen molar-refractivity contribution in [2.45, 2.75) is 89.5 Å². The summed E-state index contributed by atoms with van der Waals surface area (Å²) in [6.45, 7) is 6.66. The second-order valence-corrected chi connectivity index (χ2v) is 7.93. The van der Waals surface area contributed by atoms with E-state index in [1.165, 1.54) is 0 Å². The van der Waals surface area contributed by atoms with Crippen molar-refractivity contribution < 1.29 is 19.8 Å². The van der Waals surface area contributed by atoms with Crippen molar-refractivity contribution in [2.24, 2.45) is 5.41 Å². The summed E-state index contributed by atoms with van der Waals surface area (Å²) < 4.78 is 0. The van der Waals surface area contributed by atoms with E-state index in [0.29, 0.717) is 25.7 Å². The molecule has 0 spiro atoms. The smallest absolute Gasteiger partial charge is 0.235 e. The predicted molar refractivity (Wildman–Crippen MR) is 86.6 cm³/mol. The van der Waals surface area contributed by atoms with Crippen molar-refractivity contribution >= 4 is 11.8 Å². The van der Waals surface area contributed by atoms with Crippen LogP contribution in [-0.2, 0) is 9.59 Å². The van der Waals surface area contributed by atoms with Gasteiger partial charge in [0.1, 0.15) is 5.41 Å². The number of nitrogens with one attached hydrogen (secondary N) is 2. The van der Waals surface area contributed by atoms with Gasteiger partial charge in [0.15, 0.2) is 0 Å². The fraction of sp³-hybridized carbons (Fsp3) is 0.882. The van der Waals surface area contributed by atoms with E-state index in [1.54, 1.807) is 27.7 Å². The molecule has 0 aromatic heterocycles. The van der Waals surface area contributed by atoms with E-state index in [4.69, 9.17) is 0 Å². The third-order valence-corrected chi connectivity index (χ3v) is 5.88. The fourth-order valence-electron chi connectivity index (χ4n) is 3.07. The first-order valence-electron chi connectivity index (χ1n) is 8.58. The summed E-state index contributed by atoms with van der Waals surface area (Å²) in [7, 11) is 0. The van der Waals surface area contributed by atoms with Crippen molar-refractivity contribution in [1.29, 1.82) is 0 Å². The van der Waals surface area contributed by atoms with E-state index in [0.717, 1.165) is 12.8 Å². The van der Waals surface area contributed by atoms with Crippen LogP contribution < -0.4 is 10.6 Å². The highest BCUT2D eigenvalue weighted by molar-refractivity contribution is 6.04. The minimum absolute atomic E-state index is 0.385. The van der Waals surface area contributed by atoms with Gasteiger partial charge in [-0.2, -0.15) is 0 Å². The molecule has 0 bridgehead atoms. The highest BCUT2D eigenvalue weighted by Crippen LogP contribution is 2.36. The Hall–Kier alpha value is -1.14. The Kier molecular flexibility index (Phi) is 4.79. The lowest BCUT2D eigenvalue weighted by atomic mass is 9.74. The maximum Gasteiger partial charge on any atom is 0.235 e. The standard InChI is InChI=1S/C17H30N2O4/c1-11(16(22)7-5-8-16)18-13(20)15(3,4)14(21)19-12(2)17(23)9-6-10-17/h11-12,22-23H,5-10H2,1-4H3,(H,18,20)(H,19,21). The van der Waals surface area contributed by atoms with Crippen LogP contribution in [0.15, 0.2) is 0 Å². The molecule has 2 fully saturated rings. The molecule has 2 unspecified atom stereocenters. The SMILES string of the molecule is CC(NC(=O)C(C)(C)C(=O)NC(C)C1(O)CCC1)C1(O)CCC1. The van der Waals surface area contributed by atoms with E-state index < -0.39 is 28.4 Å². The van der Waals surface area contributed by atoms with Gasteiger partial charge in [-0.25, -0.2) is 0 Å². The molecule has 0 aromatic rings. The zero-order valence-electron chi connectivity index (χ0n) is 14.6. The monoisotopic (exact) mass is 326 g/mol. The second kappa shape index (κ2) is 6.06. The molecule has 4 N–H and O–H groups in total. The first-order chi connectivity index (χ1) is 10.5. The zero-order valence-corrected chi connectivity index (χ0v) is 14.6. The van der Waals surface area contributed by atoms with Gasteiger partial charge in [0.25, 0.3) is 0 Å². The van der Waals surface area contributed by atoms with Gasteiger partial charge >= 0.3 is 0 Å². The molecule has 2 amide bonds. The molecule has 2 aliphatic carbocycles.